The second-order valence-corrected chi connectivity index (χ2v) is 8.00. The van der Waals surface area contributed by atoms with E-state index < -0.39 is 69.3 Å². The van der Waals surface area contributed by atoms with E-state index in [1.165, 1.54) is 30.3 Å². The van der Waals surface area contributed by atoms with Crippen LogP contribution in [-0.2, 0) is 24.7 Å². The van der Waals surface area contributed by atoms with Crippen molar-refractivity contribution in [3.05, 3.63) is 82.4 Å². The second kappa shape index (κ2) is 9.18. The second-order valence-electron chi connectivity index (χ2n) is 8.00. The number of halogens is 12. The van der Waals surface area contributed by atoms with Crippen LogP contribution < -0.4 is 4.90 Å². The molecule has 0 fully saturated rings. The summed E-state index contributed by atoms with van der Waals surface area (Å²) in [5.74, 6) is 0. The van der Waals surface area contributed by atoms with Gasteiger partial charge in [0.25, 0.3) is 0 Å². The maximum atomic E-state index is 14.0. The van der Waals surface area contributed by atoms with Crippen molar-refractivity contribution in [3.8, 4) is 11.1 Å². The Morgan fingerprint density at radius 1 is 0.514 bits per heavy atom. The van der Waals surface area contributed by atoms with Crippen LogP contribution in [0.5, 0.6) is 0 Å². The Balaban J connectivity index is 2.45. The number of rotatable bonds is 3. The van der Waals surface area contributed by atoms with E-state index in [-0.39, 0.29) is 30.0 Å². The van der Waals surface area contributed by atoms with Gasteiger partial charge in [-0.25, -0.2) is 0 Å². The van der Waals surface area contributed by atoms with Crippen molar-refractivity contribution in [1.82, 2.24) is 0 Å². The first-order valence-electron chi connectivity index (χ1n) is 10.1. The molecule has 0 saturated heterocycles. The summed E-state index contributed by atoms with van der Waals surface area (Å²) in [5, 5.41) is 0. The standard InChI is InChI=1S/C24H15F12N/c1-12-16(21(25,26)27)8-13(9-17(12)22(28,29)30)14-10-18(23(31,32)33)20(19(11-14)24(34,35)36)37(2)15-6-4-3-5-7-15/h3-11H,1-2H3. The Kier molecular flexibility index (Phi) is 6.99. The number of nitrogens with zero attached hydrogens (tertiary/aromatic N) is 1. The summed E-state index contributed by atoms with van der Waals surface area (Å²) in [6, 6.07) is 7.02. The van der Waals surface area contributed by atoms with Crippen LogP contribution in [0.25, 0.3) is 11.1 Å². The molecule has 3 aromatic rings. The van der Waals surface area contributed by atoms with Gasteiger partial charge in [-0.2, -0.15) is 52.7 Å². The minimum atomic E-state index is -5.46. The molecule has 3 rings (SSSR count). The molecule has 3 aromatic carbocycles. The van der Waals surface area contributed by atoms with Crippen LogP contribution in [0.2, 0.25) is 0 Å². The van der Waals surface area contributed by atoms with Crippen LogP contribution in [0.15, 0.2) is 54.6 Å². The van der Waals surface area contributed by atoms with Crippen molar-refractivity contribution in [2.75, 3.05) is 11.9 Å². The third-order valence-electron chi connectivity index (χ3n) is 5.55. The van der Waals surface area contributed by atoms with E-state index in [1.54, 1.807) is 0 Å². The summed E-state index contributed by atoms with van der Waals surface area (Å²) in [6.45, 7) is 0.510. The molecule has 0 aliphatic carbocycles. The van der Waals surface area contributed by atoms with Gasteiger partial charge in [0, 0.05) is 12.7 Å². The number of hydrogen-bond acceptors (Lipinski definition) is 1. The average Bonchev–Trinajstić information content (AvgIpc) is 2.75. The molecule has 0 heterocycles. The molecule has 0 unspecified atom stereocenters. The van der Waals surface area contributed by atoms with E-state index in [9.17, 15) is 52.7 Å². The monoisotopic (exact) mass is 545 g/mol. The number of anilines is 2. The molecule has 0 N–H and O–H groups in total. The van der Waals surface area contributed by atoms with E-state index in [4.69, 9.17) is 0 Å². The number of para-hydroxylation sites is 1. The molecule has 0 aromatic heterocycles. The minimum Gasteiger partial charge on any atom is -0.344 e. The van der Waals surface area contributed by atoms with Gasteiger partial charge in [0.2, 0.25) is 0 Å². The summed E-state index contributed by atoms with van der Waals surface area (Å²) >= 11 is 0. The van der Waals surface area contributed by atoms with Crippen LogP contribution in [0, 0.1) is 6.92 Å². The molecule has 0 amide bonds. The average molecular weight is 545 g/mol. The van der Waals surface area contributed by atoms with Crippen molar-refractivity contribution < 1.29 is 52.7 Å². The molecule has 0 bridgehead atoms. The summed E-state index contributed by atoms with van der Waals surface area (Å²) in [5.41, 5.74) is -12.4. The number of alkyl halides is 12. The van der Waals surface area contributed by atoms with Crippen molar-refractivity contribution in [1.29, 1.82) is 0 Å². The lowest BCUT2D eigenvalue weighted by atomic mass is 9.91. The summed E-state index contributed by atoms with van der Waals surface area (Å²) in [7, 11) is 0.921. The maximum Gasteiger partial charge on any atom is 0.418 e. The normalized spacial score (nSPS) is 13.1. The lowest BCUT2D eigenvalue weighted by Gasteiger charge is -2.28. The summed E-state index contributed by atoms with van der Waals surface area (Å²) in [4.78, 5) is 0.590. The summed E-state index contributed by atoms with van der Waals surface area (Å²) < 4.78 is 165. The van der Waals surface area contributed by atoms with Crippen LogP contribution in [0.3, 0.4) is 0 Å². The van der Waals surface area contributed by atoms with Crippen molar-refractivity contribution in [3.63, 3.8) is 0 Å². The van der Waals surface area contributed by atoms with Gasteiger partial charge >= 0.3 is 24.7 Å². The van der Waals surface area contributed by atoms with E-state index in [1.807, 2.05) is 0 Å². The zero-order valence-electron chi connectivity index (χ0n) is 18.7. The lowest BCUT2D eigenvalue weighted by molar-refractivity contribution is -0.145. The topological polar surface area (TPSA) is 3.24 Å². The minimum absolute atomic E-state index is 0.0831. The largest absolute Gasteiger partial charge is 0.418 e. The lowest BCUT2D eigenvalue weighted by Crippen LogP contribution is -2.22. The molecule has 0 aliphatic rings. The smallest absolute Gasteiger partial charge is 0.344 e. The molecular weight excluding hydrogens is 530 g/mol. The van der Waals surface area contributed by atoms with Gasteiger partial charge in [0.05, 0.1) is 27.9 Å². The Morgan fingerprint density at radius 2 is 0.838 bits per heavy atom. The van der Waals surface area contributed by atoms with Crippen LogP contribution in [-0.4, -0.2) is 7.05 Å². The van der Waals surface area contributed by atoms with Crippen LogP contribution >= 0.6 is 0 Å². The van der Waals surface area contributed by atoms with Gasteiger partial charge < -0.3 is 4.90 Å². The first-order chi connectivity index (χ1) is 16.7. The van der Waals surface area contributed by atoms with Crippen molar-refractivity contribution in [2.45, 2.75) is 31.6 Å². The Labute approximate surface area is 201 Å². The van der Waals surface area contributed by atoms with E-state index in [2.05, 4.69) is 0 Å². The molecule has 0 radical (unpaired) electrons. The molecule has 0 spiro atoms. The Bertz CT molecular complexity index is 1210. The van der Waals surface area contributed by atoms with Gasteiger partial charge in [0.15, 0.2) is 0 Å². The molecule has 200 valence electrons. The van der Waals surface area contributed by atoms with Crippen LogP contribution in [0.1, 0.15) is 27.8 Å². The van der Waals surface area contributed by atoms with E-state index >= 15 is 0 Å². The predicted molar refractivity (Wildman–Crippen MR) is 111 cm³/mol. The van der Waals surface area contributed by atoms with Crippen molar-refractivity contribution >= 4 is 11.4 Å². The third-order valence-corrected chi connectivity index (χ3v) is 5.55. The zero-order chi connectivity index (χ0) is 28.1. The quantitative estimate of drug-likeness (QED) is 0.297. The highest BCUT2D eigenvalue weighted by atomic mass is 19.4. The van der Waals surface area contributed by atoms with Gasteiger partial charge in [-0.05, 0) is 60.0 Å². The molecule has 1 nitrogen and oxygen atoms in total. The van der Waals surface area contributed by atoms with E-state index in [0.29, 0.717) is 11.8 Å². The first kappa shape index (κ1) is 28.2. The van der Waals surface area contributed by atoms with Crippen molar-refractivity contribution in [2.24, 2.45) is 0 Å². The zero-order valence-corrected chi connectivity index (χ0v) is 18.7. The third kappa shape index (κ3) is 5.80. The fraction of sp³-hybridized carbons (Fsp3) is 0.250. The van der Waals surface area contributed by atoms with E-state index in [0.717, 1.165) is 7.05 Å². The van der Waals surface area contributed by atoms with Crippen LogP contribution in [0.4, 0.5) is 64.1 Å². The molecule has 0 saturated carbocycles. The molecule has 13 heteroatoms. The highest BCUT2D eigenvalue weighted by Gasteiger charge is 2.44. The van der Waals surface area contributed by atoms with Gasteiger partial charge in [-0.1, -0.05) is 18.2 Å². The van der Waals surface area contributed by atoms with Gasteiger partial charge in [-0.3, -0.25) is 0 Å². The highest BCUT2D eigenvalue weighted by Crippen LogP contribution is 2.49. The predicted octanol–water partition coefficient (Wildman–Crippen LogP) is 9.51. The SMILES string of the molecule is Cc1c(C(F)(F)F)cc(-c2cc(C(F)(F)F)c(N(C)c3ccccc3)c(C(F)(F)F)c2)cc1C(F)(F)F. The van der Waals surface area contributed by atoms with Gasteiger partial charge in [-0.15, -0.1) is 0 Å². The first-order valence-corrected chi connectivity index (χ1v) is 10.1. The Hall–Kier alpha value is -3.38. The maximum absolute atomic E-state index is 14.0. The fourth-order valence-corrected chi connectivity index (χ4v) is 3.85. The number of benzene rings is 3. The highest BCUT2D eigenvalue weighted by molar-refractivity contribution is 5.78. The molecule has 37 heavy (non-hydrogen) atoms. The molecule has 0 atom stereocenters. The Morgan fingerprint density at radius 3 is 1.16 bits per heavy atom. The number of hydrogen-bond donors (Lipinski definition) is 0. The molecule has 0 aliphatic heterocycles. The molecular formula is C24H15F12N. The summed E-state index contributed by atoms with van der Waals surface area (Å²) in [6.07, 6.45) is -21.7. The fourth-order valence-electron chi connectivity index (χ4n) is 3.85. The van der Waals surface area contributed by atoms with Gasteiger partial charge in [0.1, 0.15) is 0 Å².